The third kappa shape index (κ3) is 6.19. The van der Waals surface area contributed by atoms with E-state index in [-0.39, 0.29) is 18.1 Å². The van der Waals surface area contributed by atoms with E-state index in [1.165, 1.54) is 19.3 Å². The van der Waals surface area contributed by atoms with Gasteiger partial charge in [0.15, 0.2) is 0 Å². The highest BCUT2D eigenvalue weighted by Gasteiger charge is 2.33. The van der Waals surface area contributed by atoms with Crippen LogP contribution in [-0.4, -0.2) is 43.9 Å². The molecule has 1 saturated carbocycles. The molecule has 1 aromatic carbocycles. The van der Waals surface area contributed by atoms with Gasteiger partial charge in [0.05, 0.1) is 4.90 Å². The highest BCUT2D eigenvalue weighted by molar-refractivity contribution is 7.89. The molecular formula is C22H35N3O3S. The van der Waals surface area contributed by atoms with E-state index in [0.29, 0.717) is 18.0 Å². The highest BCUT2D eigenvalue weighted by atomic mass is 32.2. The van der Waals surface area contributed by atoms with Crippen molar-refractivity contribution in [3.8, 4) is 0 Å². The second kappa shape index (κ2) is 10.4. The van der Waals surface area contributed by atoms with Gasteiger partial charge in [-0.15, -0.1) is 0 Å². The summed E-state index contributed by atoms with van der Waals surface area (Å²) in [7, 11) is -3.56. The van der Waals surface area contributed by atoms with E-state index in [1.54, 1.807) is 22.5 Å². The lowest BCUT2D eigenvalue weighted by Gasteiger charge is -2.35. The molecule has 3 rings (SSSR count). The zero-order valence-corrected chi connectivity index (χ0v) is 18.3. The van der Waals surface area contributed by atoms with Crippen LogP contribution in [0.4, 0.5) is 4.79 Å². The first-order chi connectivity index (χ1) is 14.0. The number of rotatable bonds is 5. The molecule has 1 aliphatic carbocycles. The van der Waals surface area contributed by atoms with Crippen molar-refractivity contribution in [3.63, 3.8) is 0 Å². The molecule has 0 radical (unpaired) electrons. The zero-order chi connectivity index (χ0) is 20.7. The highest BCUT2D eigenvalue weighted by Crippen LogP contribution is 2.25. The molecule has 2 aliphatic rings. The minimum atomic E-state index is -3.56. The van der Waals surface area contributed by atoms with Crippen LogP contribution in [0.1, 0.15) is 69.8 Å². The van der Waals surface area contributed by atoms with Crippen LogP contribution in [0.5, 0.6) is 0 Å². The molecule has 1 aromatic rings. The molecule has 2 N–H and O–H groups in total. The molecule has 7 heteroatoms. The Bertz CT molecular complexity index is 773. The number of carbonyl (C=O) groups is 1. The molecule has 29 heavy (non-hydrogen) atoms. The van der Waals surface area contributed by atoms with Crippen LogP contribution in [0.3, 0.4) is 0 Å². The zero-order valence-electron chi connectivity index (χ0n) is 17.5. The molecule has 1 heterocycles. The molecule has 1 saturated heterocycles. The summed E-state index contributed by atoms with van der Waals surface area (Å²) in [6.07, 6.45) is 10.8. The molecule has 6 nitrogen and oxygen atoms in total. The molecular weight excluding hydrogens is 386 g/mol. The summed E-state index contributed by atoms with van der Waals surface area (Å²) in [5, 5.41) is 6.05. The third-order valence-corrected chi connectivity index (χ3v) is 8.06. The Morgan fingerprint density at radius 3 is 2.45 bits per heavy atom. The average Bonchev–Trinajstić information content (AvgIpc) is 2.68. The van der Waals surface area contributed by atoms with Crippen molar-refractivity contribution < 1.29 is 13.2 Å². The summed E-state index contributed by atoms with van der Waals surface area (Å²) < 4.78 is 27.9. The maximum atomic E-state index is 13.2. The van der Waals surface area contributed by atoms with Gasteiger partial charge in [0.2, 0.25) is 10.0 Å². The fourth-order valence-corrected chi connectivity index (χ4v) is 6.25. The van der Waals surface area contributed by atoms with Gasteiger partial charge in [-0.2, -0.15) is 4.31 Å². The lowest BCUT2D eigenvalue weighted by atomic mass is 9.97. The molecule has 162 valence electrons. The quantitative estimate of drug-likeness (QED) is 0.756. The van der Waals surface area contributed by atoms with E-state index in [2.05, 4.69) is 10.6 Å². The monoisotopic (exact) mass is 421 g/mol. The number of sulfonamides is 1. The van der Waals surface area contributed by atoms with Crippen molar-refractivity contribution in [2.24, 2.45) is 0 Å². The van der Waals surface area contributed by atoms with Gasteiger partial charge in [-0.3, -0.25) is 0 Å². The van der Waals surface area contributed by atoms with Crippen molar-refractivity contribution in [1.29, 1.82) is 0 Å². The Balaban J connectivity index is 1.59. The van der Waals surface area contributed by atoms with Crippen LogP contribution in [0.15, 0.2) is 29.2 Å². The van der Waals surface area contributed by atoms with Crippen molar-refractivity contribution in [1.82, 2.24) is 14.9 Å². The number of piperidine rings is 1. The fourth-order valence-electron chi connectivity index (χ4n) is 4.45. The molecule has 1 atom stereocenters. The third-order valence-electron chi connectivity index (χ3n) is 6.11. The van der Waals surface area contributed by atoms with Crippen LogP contribution in [0.2, 0.25) is 0 Å². The van der Waals surface area contributed by atoms with Gasteiger partial charge >= 0.3 is 6.03 Å². The van der Waals surface area contributed by atoms with Crippen LogP contribution in [0.25, 0.3) is 0 Å². The predicted octanol–water partition coefficient (Wildman–Crippen LogP) is 3.95. The molecule has 0 aromatic heterocycles. The molecule has 0 spiro atoms. The Morgan fingerprint density at radius 2 is 1.72 bits per heavy atom. The van der Waals surface area contributed by atoms with Gasteiger partial charge < -0.3 is 10.6 Å². The van der Waals surface area contributed by atoms with E-state index < -0.39 is 10.0 Å². The van der Waals surface area contributed by atoms with E-state index in [9.17, 15) is 13.2 Å². The SMILES string of the molecule is Cc1cccc(S(=O)(=O)N2CCCCC2CNC(=O)NC2CCCCCCC2)c1. The molecule has 1 unspecified atom stereocenters. The minimum Gasteiger partial charge on any atom is -0.337 e. The van der Waals surface area contributed by atoms with Crippen LogP contribution >= 0.6 is 0 Å². The first kappa shape index (κ1) is 22.1. The predicted molar refractivity (Wildman–Crippen MR) is 115 cm³/mol. The number of benzene rings is 1. The summed E-state index contributed by atoms with van der Waals surface area (Å²) >= 11 is 0. The van der Waals surface area contributed by atoms with Gasteiger partial charge in [0.25, 0.3) is 0 Å². The van der Waals surface area contributed by atoms with Crippen LogP contribution < -0.4 is 10.6 Å². The Labute approximate surface area is 175 Å². The van der Waals surface area contributed by atoms with Gasteiger partial charge in [0, 0.05) is 25.2 Å². The normalized spacial score (nSPS) is 22.4. The number of hydrogen-bond donors (Lipinski definition) is 2. The second-order valence-corrected chi connectivity index (χ2v) is 10.4. The van der Waals surface area contributed by atoms with Gasteiger partial charge in [-0.25, -0.2) is 13.2 Å². The van der Waals surface area contributed by atoms with Crippen molar-refractivity contribution in [3.05, 3.63) is 29.8 Å². The van der Waals surface area contributed by atoms with Crippen molar-refractivity contribution >= 4 is 16.1 Å². The van der Waals surface area contributed by atoms with E-state index >= 15 is 0 Å². The first-order valence-corrected chi connectivity index (χ1v) is 12.5. The number of urea groups is 1. The van der Waals surface area contributed by atoms with Crippen LogP contribution in [-0.2, 0) is 10.0 Å². The average molecular weight is 422 g/mol. The lowest BCUT2D eigenvalue weighted by molar-refractivity contribution is 0.219. The molecule has 2 fully saturated rings. The summed E-state index contributed by atoms with van der Waals surface area (Å²) in [6.45, 7) is 2.75. The smallest absolute Gasteiger partial charge is 0.315 e. The summed E-state index contributed by atoms with van der Waals surface area (Å²) in [4.78, 5) is 12.8. The summed E-state index contributed by atoms with van der Waals surface area (Å²) in [5.74, 6) is 0. The number of nitrogens with one attached hydrogen (secondary N) is 2. The Hall–Kier alpha value is -1.60. The molecule has 1 aliphatic heterocycles. The van der Waals surface area contributed by atoms with E-state index in [4.69, 9.17) is 0 Å². The van der Waals surface area contributed by atoms with Gasteiger partial charge in [-0.05, 0) is 50.3 Å². The number of aryl methyl sites for hydroxylation is 1. The van der Waals surface area contributed by atoms with Gasteiger partial charge in [0.1, 0.15) is 0 Å². The number of nitrogens with zero attached hydrogens (tertiary/aromatic N) is 1. The number of hydrogen-bond acceptors (Lipinski definition) is 3. The van der Waals surface area contributed by atoms with Crippen molar-refractivity contribution in [2.75, 3.05) is 13.1 Å². The Morgan fingerprint density at radius 1 is 1.03 bits per heavy atom. The first-order valence-electron chi connectivity index (χ1n) is 11.1. The second-order valence-electron chi connectivity index (χ2n) is 8.48. The number of carbonyl (C=O) groups excluding carboxylic acids is 1. The van der Waals surface area contributed by atoms with Crippen molar-refractivity contribution in [2.45, 2.75) is 88.1 Å². The number of amides is 2. The van der Waals surface area contributed by atoms with Crippen LogP contribution in [0, 0.1) is 6.92 Å². The Kier molecular flexibility index (Phi) is 7.95. The summed E-state index contributed by atoms with van der Waals surface area (Å²) in [6, 6.07) is 6.91. The largest absolute Gasteiger partial charge is 0.337 e. The van der Waals surface area contributed by atoms with Gasteiger partial charge in [-0.1, -0.05) is 50.7 Å². The topological polar surface area (TPSA) is 78.5 Å². The maximum absolute atomic E-state index is 13.2. The van der Waals surface area contributed by atoms with E-state index in [1.807, 2.05) is 13.0 Å². The lowest BCUT2D eigenvalue weighted by Crippen LogP contribution is -2.51. The molecule has 0 bridgehead atoms. The minimum absolute atomic E-state index is 0.172. The standard InChI is InChI=1S/C22H35N3O3S/c1-18-10-9-14-21(16-18)29(27,28)25-15-8-7-13-20(25)17-23-22(26)24-19-11-5-3-2-4-6-12-19/h9-10,14,16,19-20H,2-8,11-13,15,17H2,1H3,(H2,23,24,26). The maximum Gasteiger partial charge on any atom is 0.315 e. The van der Waals surface area contributed by atoms with E-state index in [0.717, 1.165) is 50.5 Å². The fraction of sp³-hybridized carbons (Fsp3) is 0.682. The summed E-state index contributed by atoms with van der Waals surface area (Å²) in [5.41, 5.74) is 0.927. The molecule has 2 amide bonds.